The van der Waals surface area contributed by atoms with Gasteiger partial charge in [-0.1, -0.05) is 30.0 Å². The summed E-state index contributed by atoms with van der Waals surface area (Å²) >= 11 is 0. The normalized spacial score (nSPS) is 35.2. The average molecular weight is 316 g/mol. The van der Waals surface area contributed by atoms with E-state index in [4.69, 9.17) is 23.7 Å². The Hall–Kier alpha value is -1.42. The minimum absolute atomic E-state index is 0.215. The molecule has 23 heavy (non-hydrogen) atoms. The average Bonchev–Trinajstić information content (AvgIpc) is 2.96. The first-order valence-corrected chi connectivity index (χ1v) is 7.90. The van der Waals surface area contributed by atoms with E-state index in [1.54, 1.807) is 0 Å². The van der Waals surface area contributed by atoms with Crippen LogP contribution >= 0.6 is 0 Å². The van der Waals surface area contributed by atoms with Gasteiger partial charge in [0.25, 0.3) is 0 Å². The highest BCUT2D eigenvalue weighted by atomic mass is 16.8. The van der Waals surface area contributed by atoms with Gasteiger partial charge in [0.1, 0.15) is 24.9 Å². The lowest BCUT2D eigenvalue weighted by Crippen LogP contribution is -2.38. The van der Waals surface area contributed by atoms with Crippen LogP contribution in [0.4, 0.5) is 0 Å². The molecule has 0 aliphatic carbocycles. The molecule has 0 amide bonds. The maximum absolute atomic E-state index is 6.15. The van der Waals surface area contributed by atoms with Crippen LogP contribution in [0.2, 0.25) is 0 Å². The van der Waals surface area contributed by atoms with Crippen LogP contribution in [0.15, 0.2) is 24.3 Å². The van der Waals surface area contributed by atoms with Gasteiger partial charge in [-0.2, -0.15) is 0 Å². The summed E-state index contributed by atoms with van der Waals surface area (Å²) in [5.41, 5.74) is 2.02. The molecule has 5 heteroatoms. The van der Waals surface area contributed by atoms with Crippen LogP contribution in [-0.2, 0) is 30.3 Å². The van der Waals surface area contributed by atoms with Crippen LogP contribution in [0.3, 0.4) is 0 Å². The highest BCUT2D eigenvalue weighted by Gasteiger charge is 2.55. The monoisotopic (exact) mass is 316 g/mol. The summed E-state index contributed by atoms with van der Waals surface area (Å²) < 4.78 is 29.5. The van der Waals surface area contributed by atoms with E-state index in [1.165, 1.54) is 0 Å². The molecular weight excluding hydrogens is 296 g/mol. The third-order valence-corrected chi connectivity index (χ3v) is 4.22. The second-order valence-corrected chi connectivity index (χ2v) is 6.39. The summed E-state index contributed by atoms with van der Waals surface area (Å²) in [5.74, 6) is 5.52. The first-order valence-electron chi connectivity index (χ1n) is 7.90. The van der Waals surface area contributed by atoms with Gasteiger partial charge in [-0.15, -0.1) is 0 Å². The van der Waals surface area contributed by atoms with E-state index in [-0.39, 0.29) is 18.3 Å². The smallest absolute Gasteiger partial charge is 0.190 e. The zero-order valence-corrected chi connectivity index (χ0v) is 13.3. The zero-order chi connectivity index (χ0) is 15.9. The van der Waals surface area contributed by atoms with Crippen molar-refractivity contribution in [2.45, 2.75) is 50.8 Å². The molecule has 0 aromatic heterocycles. The highest BCUT2D eigenvalue weighted by Crippen LogP contribution is 2.39. The molecule has 3 aliphatic rings. The molecule has 1 aromatic rings. The van der Waals surface area contributed by atoms with Gasteiger partial charge in [-0.25, -0.2) is 0 Å². The lowest BCUT2D eigenvalue weighted by molar-refractivity contribution is -0.224. The molecule has 0 spiro atoms. The van der Waals surface area contributed by atoms with Crippen LogP contribution in [0.25, 0.3) is 0 Å². The molecule has 0 N–H and O–H groups in total. The van der Waals surface area contributed by atoms with Crippen LogP contribution in [0.1, 0.15) is 25.0 Å². The van der Waals surface area contributed by atoms with E-state index in [0.29, 0.717) is 19.8 Å². The molecule has 0 saturated carbocycles. The van der Waals surface area contributed by atoms with Gasteiger partial charge in [-0.05, 0) is 25.5 Å². The van der Waals surface area contributed by atoms with Crippen molar-refractivity contribution in [3.8, 4) is 11.8 Å². The topological polar surface area (TPSA) is 46.2 Å². The number of benzene rings is 1. The molecule has 4 rings (SSSR count). The summed E-state index contributed by atoms with van der Waals surface area (Å²) in [7, 11) is 0. The Bertz CT molecular complexity index is 644. The lowest BCUT2D eigenvalue weighted by atomic mass is 10.1. The second-order valence-electron chi connectivity index (χ2n) is 6.39. The van der Waals surface area contributed by atoms with E-state index >= 15 is 0 Å². The highest BCUT2D eigenvalue weighted by molar-refractivity contribution is 5.41. The van der Waals surface area contributed by atoms with Gasteiger partial charge in [-0.3, -0.25) is 0 Å². The van der Waals surface area contributed by atoms with E-state index < -0.39 is 12.1 Å². The van der Waals surface area contributed by atoms with E-state index in [2.05, 4.69) is 11.8 Å². The summed E-state index contributed by atoms with van der Waals surface area (Å²) in [4.78, 5) is 0. The first-order chi connectivity index (χ1) is 11.1. The SMILES string of the molecule is CC1(C)O[C@H]2O[C@@H]3COCC#Cc4ccccc4CO[C@H]3[C@H]2O1. The zero-order valence-electron chi connectivity index (χ0n) is 13.3. The molecule has 4 atom stereocenters. The maximum atomic E-state index is 6.15. The van der Waals surface area contributed by atoms with Crippen LogP contribution in [0, 0.1) is 11.8 Å². The minimum Gasteiger partial charge on any atom is -0.368 e. The Morgan fingerprint density at radius 1 is 1.13 bits per heavy atom. The van der Waals surface area contributed by atoms with Gasteiger partial charge in [0.05, 0.1) is 13.2 Å². The van der Waals surface area contributed by atoms with Crippen LogP contribution in [-0.4, -0.2) is 43.6 Å². The van der Waals surface area contributed by atoms with Crippen molar-refractivity contribution in [1.29, 1.82) is 0 Å². The minimum atomic E-state index is -0.655. The van der Waals surface area contributed by atoms with Gasteiger partial charge in [0.15, 0.2) is 12.1 Å². The van der Waals surface area contributed by atoms with Gasteiger partial charge in [0, 0.05) is 5.56 Å². The number of ether oxygens (including phenoxy) is 5. The number of hydrogen-bond donors (Lipinski definition) is 0. The Morgan fingerprint density at radius 2 is 2.00 bits per heavy atom. The van der Waals surface area contributed by atoms with Crippen molar-refractivity contribution in [3.05, 3.63) is 35.4 Å². The standard InChI is InChI=1S/C18H20O5/c1-18(2)22-16-15-14(21-17(16)23-18)11-19-9-5-8-12-6-3-4-7-13(12)10-20-15/h3-4,6-7,14-17H,9-11H2,1-2H3/t14-,15-,16-,17-/m1/s1. The summed E-state index contributed by atoms with van der Waals surface area (Å²) in [5, 5.41) is 0. The summed E-state index contributed by atoms with van der Waals surface area (Å²) in [6.07, 6.45) is -1.10. The second kappa shape index (κ2) is 5.90. The third kappa shape index (κ3) is 3.01. The fraction of sp³-hybridized carbons (Fsp3) is 0.556. The first kappa shape index (κ1) is 15.1. The fourth-order valence-corrected chi connectivity index (χ4v) is 3.19. The Labute approximate surface area is 135 Å². The molecule has 3 aliphatic heterocycles. The molecule has 122 valence electrons. The van der Waals surface area contributed by atoms with E-state index in [0.717, 1.165) is 11.1 Å². The molecule has 0 unspecified atom stereocenters. The molecular formula is C18H20O5. The predicted octanol–water partition coefficient (Wildman–Crippen LogP) is 1.83. The van der Waals surface area contributed by atoms with Crippen LogP contribution in [0.5, 0.6) is 0 Å². The summed E-state index contributed by atoms with van der Waals surface area (Å²) in [6, 6.07) is 7.99. The van der Waals surface area contributed by atoms with Gasteiger partial charge >= 0.3 is 0 Å². The van der Waals surface area contributed by atoms with Crippen molar-refractivity contribution in [2.75, 3.05) is 13.2 Å². The van der Waals surface area contributed by atoms with Crippen molar-refractivity contribution >= 4 is 0 Å². The van der Waals surface area contributed by atoms with Crippen molar-refractivity contribution in [1.82, 2.24) is 0 Å². The quantitative estimate of drug-likeness (QED) is 0.683. The van der Waals surface area contributed by atoms with Crippen LogP contribution < -0.4 is 0 Å². The predicted molar refractivity (Wildman–Crippen MR) is 81.4 cm³/mol. The number of fused-ring (bicyclic) bond motifs is 4. The van der Waals surface area contributed by atoms with E-state index in [1.807, 2.05) is 38.1 Å². The van der Waals surface area contributed by atoms with Crippen molar-refractivity contribution < 1.29 is 23.7 Å². The summed E-state index contributed by atoms with van der Waals surface area (Å²) in [6.45, 7) is 5.00. The largest absolute Gasteiger partial charge is 0.368 e. The van der Waals surface area contributed by atoms with Gasteiger partial charge < -0.3 is 23.7 Å². The third-order valence-electron chi connectivity index (χ3n) is 4.22. The molecule has 3 heterocycles. The van der Waals surface area contributed by atoms with Crippen molar-refractivity contribution in [3.63, 3.8) is 0 Å². The van der Waals surface area contributed by atoms with Crippen molar-refractivity contribution in [2.24, 2.45) is 0 Å². The van der Waals surface area contributed by atoms with E-state index in [9.17, 15) is 0 Å². The maximum Gasteiger partial charge on any atom is 0.190 e. The lowest BCUT2D eigenvalue weighted by Gasteiger charge is -2.25. The number of rotatable bonds is 0. The molecule has 0 bridgehead atoms. The Morgan fingerprint density at radius 3 is 2.91 bits per heavy atom. The Kier molecular flexibility index (Phi) is 3.88. The molecule has 2 saturated heterocycles. The fourth-order valence-electron chi connectivity index (χ4n) is 3.19. The number of hydrogen-bond acceptors (Lipinski definition) is 5. The molecule has 1 aromatic carbocycles. The molecule has 2 fully saturated rings. The van der Waals surface area contributed by atoms with Gasteiger partial charge in [0.2, 0.25) is 0 Å². The molecule has 0 radical (unpaired) electrons. The molecule has 5 nitrogen and oxygen atoms in total. The Balaban J connectivity index is 1.58.